The first kappa shape index (κ1) is 24.7. The van der Waals surface area contributed by atoms with Gasteiger partial charge in [-0.3, -0.25) is 9.59 Å². The lowest BCUT2D eigenvalue weighted by molar-refractivity contribution is -0.142. The van der Waals surface area contributed by atoms with E-state index < -0.39 is 15.4 Å². The summed E-state index contributed by atoms with van der Waals surface area (Å²) in [4.78, 5) is 29.7. The highest BCUT2D eigenvalue weighted by molar-refractivity contribution is 7.89. The van der Waals surface area contributed by atoms with Gasteiger partial charge in [-0.1, -0.05) is 33.8 Å². The number of sulfonamides is 1. The van der Waals surface area contributed by atoms with E-state index in [4.69, 9.17) is 0 Å². The van der Waals surface area contributed by atoms with Gasteiger partial charge in [-0.05, 0) is 37.6 Å². The van der Waals surface area contributed by atoms with Crippen LogP contribution in [-0.2, 0) is 19.6 Å². The monoisotopic (exact) mass is 464 g/mol. The molecule has 8 nitrogen and oxygen atoms in total. The Kier molecular flexibility index (Phi) is 7.62. The summed E-state index contributed by atoms with van der Waals surface area (Å²) in [7, 11) is -3.61. The van der Waals surface area contributed by atoms with Crippen molar-refractivity contribution in [2.75, 3.05) is 51.1 Å². The van der Waals surface area contributed by atoms with Crippen molar-refractivity contribution in [1.82, 2.24) is 14.1 Å². The standard InChI is InChI=1S/C23H36N4O4S/c1-5-25-12-14-27(15-13-25)32(30,31)20-10-6-9-19(16-20)24-21(28)18-8-7-11-26(17-18)22(29)23(2,3)4/h6,9-10,16,18H,5,7-8,11-15,17H2,1-4H3,(H,24,28). The molecule has 2 aliphatic heterocycles. The van der Waals surface area contributed by atoms with E-state index in [0.29, 0.717) is 38.3 Å². The fraction of sp³-hybridized carbons (Fsp3) is 0.652. The Morgan fingerprint density at radius 2 is 1.78 bits per heavy atom. The van der Waals surface area contributed by atoms with Gasteiger partial charge < -0.3 is 15.1 Å². The van der Waals surface area contributed by atoms with Gasteiger partial charge in [0.1, 0.15) is 0 Å². The highest BCUT2D eigenvalue weighted by Crippen LogP contribution is 2.25. The zero-order valence-electron chi connectivity index (χ0n) is 19.6. The number of likely N-dealkylation sites (N-methyl/N-ethyl adjacent to an activating group) is 1. The van der Waals surface area contributed by atoms with Crippen LogP contribution in [0.15, 0.2) is 29.2 Å². The van der Waals surface area contributed by atoms with Gasteiger partial charge in [-0.2, -0.15) is 4.31 Å². The van der Waals surface area contributed by atoms with Gasteiger partial charge in [0.25, 0.3) is 0 Å². The van der Waals surface area contributed by atoms with Crippen molar-refractivity contribution in [3.8, 4) is 0 Å². The van der Waals surface area contributed by atoms with Gasteiger partial charge in [0, 0.05) is 50.4 Å². The minimum atomic E-state index is -3.61. The molecule has 1 unspecified atom stereocenters. The summed E-state index contributed by atoms with van der Waals surface area (Å²) in [6.07, 6.45) is 1.48. The Balaban J connectivity index is 1.66. The molecule has 1 aromatic rings. The van der Waals surface area contributed by atoms with Crippen LogP contribution < -0.4 is 5.32 Å². The van der Waals surface area contributed by atoms with Crippen LogP contribution in [0.4, 0.5) is 5.69 Å². The summed E-state index contributed by atoms with van der Waals surface area (Å²) in [6, 6.07) is 6.45. The SMILES string of the molecule is CCN1CCN(S(=O)(=O)c2cccc(NC(=O)C3CCCN(C(=O)C(C)(C)C)C3)c2)CC1. The highest BCUT2D eigenvalue weighted by Gasteiger charge is 2.34. The maximum absolute atomic E-state index is 13.1. The van der Waals surface area contributed by atoms with E-state index in [0.717, 1.165) is 26.1 Å². The molecule has 1 atom stereocenters. The topological polar surface area (TPSA) is 90.0 Å². The number of piperidine rings is 1. The van der Waals surface area contributed by atoms with Crippen LogP contribution >= 0.6 is 0 Å². The molecule has 0 bridgehead atoms. The lowest BCUT2D eigenvalue weighted by Gasteiger charge is -2.36. The normalized spacial score (nSPS) is 21.4. The molecular formula is C23H36N4O4S. The average Bonchev–Trinajstić information content (AvgIpc) is 2.78. The molecule has 0 saturated carbocycles. The largest absolute Gasteiger partial charge is 0.341 e. The number of anilines is 1. The summed E-state index contributed by atoms with van der Waals surface area (Å²) < 4.78 is 27.7. The third-order valence-corrected chi connectivity index (χ3v) is 8.13. The van der Waals surface area contributed by atoms with Gasteiger partial charge in [0.2, 0.25) is 21.8 Å². The third-order valence-electron chi connectivity index (χ3n) is 6.24. The second-order valence-electron chi connectivity index (χ2n) is 9.70. The molecule has 0 aromatic heterocycles. The first-order valence-electron chi connectivity index (χ1n) is 11.4. The van der Waals surface area contributed by atoms with E-state index in [2.05, 4.69) is 17.1 Å². The van der Waals surface area contributed by atoms with E-state index in [9.17, 15) is 18.0 Å². The van der Waals surface area contributed by atoms with Gasteiger partial charge in [0.05, 0.1) is 10.8 Å². The quantitative estimate of drug-likeness (QED) is 0.722. The Labute approximate surface area is 192 Å². The zero-order valence-corrected chi connectivity index (χ0v) is 20.5. The molecule has 0 aliphatic carbocycles. The number of nitrogens with one attached hydrogen (secondary N) is 1. The molecule has 3 rings (SSSR count). The minimum absolute atomic E-state index is 0.0475. The van der Waals surface area contributed by atoms with Crippen LogP contribution in [0.3, 0.4) is 0 Å². The van der Waals surface area contributed by atoms with Crippen LogP contribution in [0.5, 0.6) is 0 Å². The third kappa shape index (κ3) is 5.68. The number of nitrogens with zero attached hydrogens (tertiary/aromatic N) is 3. The molecule has 2 fully saturated rings. The van der Waals surface area contributed by atoms with Crippen LogP contribution in [0.1, 0.15) is 40.5 Å². The maximum Gasteiger partial charge on any atom is 0.243 e. The number of likely N-dealkylation sites (tertiary alicyclic amines) is 1. The van der Waals surface area contributed by atoms with E-state index >= 15 is 0 Å². The summed E-state index contributed by atoms with van der Waals surface area (Å²) in [5, 5.41) is 2.87. The van der Waals surface area contributed by atoms with Gasteiger partial charge >= 0.3 is 0 Å². The lowest BCUT2D eigenvalue weighted by atomic mass is 9.91. The first-order valence-corrected chi connectivity index (χ1v) is 12.9. The average molecular weight is 465 g/mol. The molecule has 9 heteroatoms. The van der Waals surface area contributed by atoms with E-state index in [1.54, 1.807) is 23.1 Å². The first-order chi connectivity index (χ1) is 15.0. The number of rotatable bonds is 5. The molecule has 1 N–H and O–H groups in total. The predicted molar refractivity (Wildman–Crippen MR) is 125 cm³/mol. The Bertz CT molecular complexity index is 934. The van der Waals surface area contributed by atoms with Gasteiger partial charge in [-0.25, -0.2) is 8.42 Å². The van der Waals surface area contributed by atoms with Crippen molar-refractivity contribution < 1.29 is 18.0 Å². The number of hydrogen-bond acceptors (Lipinski definition) is 5. The van der Waals surface area contributed by atoms with E-state index in [1.807, 2.05) is 20.8 Å². The maximum atomic E-state index is 13.1. The molecule has 1 aromatic carbocycles. The number of carbonyl (C=O) groups excluding carboxylic acids is 2. The second-order valence-corrected chi connectivity index (χ2v) is 11.6. The molecule has 2 heterocycles. The molecular weight excluding hydrogens is 428 g/mol. The highest BCUT2D eigenvalue weighted by atomic mass is 32.2. The van der Waals surface area contributed by atoms with Crippen LogP contribution in [0.25, 0.3) is 0 Å². The minimum Gasteiger partial charge on any atom is -0.341 e. The zero-order chi connectivity index (χ0) is 23.5. The van der Waals surface area contributed by atoms with Gasteiger partial charge in [0.15, 0.2) is 0 Å². The number of piperazine rings is 1. The van der Waals surface area contributed by atoms with Crippen molar-refractivity contribution >= 4 is 27.5 Å². The summed E-state index contributed by atoms with van der Waals surface area (Å²) in [6.45, 7) is 12.1. The summed E-state index contributed by atoms with van der Waals surface area (Å²) in [5.41, 5.74) is -0.0218. The van der Waals surface area contributed by atoms with Crippen LogP contribution in [-0.4, -0.2) is 80.2 Å². The van der Waals surface area contributed by atoms with E-state index in [-0.39, 0.29) is 22.6 Å². The van der Waals surface area contributed by atoms with Crippen molar-refractivity contribution in [1.29, 1.82) is 0 Å². The van der Waals surface area contributed by atoms with Crippen molar-refractivity contribution in [2.45, 2.75) is 45.4 Å². The number of benzene rings is 1. The predicted octanol–water partition coefficient (Wildman–Crippen LogP) is 2.24. The van der Waals surface area contributed by atoms with Crippen LogP contribution in [0, 0.1) is 11.3 Å². The molecule has 0 radical (unpaired) electrons. The number of hydrogen-bond donors (Lipinski definition) is 1. The Morgan fingerprint density at radius 3 is 2.41 bits per heavy atom. The lowest BCUT2D eigenvalue weighted by Crippen LogP contribution is -2.48. The molecule has 178 valence electrons. The van der Waals surface area contributed by atoms with Gasteiger partial charge in [-0.15, -0.1) is 0 Å². The van der Waals surface area contributed by atoms with Crippen molar-refractivity contribution in [3.05, 3.63) is 24.3 Å². The molecule has 32 heavy (non-hydrogen) atoms. The van der Waals surface area contributed by atoms with Crippen molar-refractivity contribution in [3.63, 3.8) is 0 Å². The van der Waals surface area contributed by atoms with Crippen LogP contribution in [0.2, 0.25) is 0 Å². The summed E-state index contributed by atoms with van der Waals surface area (Å²) in [5.74, 6) is -0.439. The number of carbonyl (C=O) groups is 2. The molecule has 0 spiro atoms. The Morgan fingerprint density at radius 1 is 1.09 bits per heavy atom. The Hall–Kier alpha value is -1.97. The number of amides is 2. The molecule has 2 saturated heterocycles. The fourth-order valence-electron chi connectivity index (χ4n) is 4.26. The summed E-state index contributed by atoms with van der Waals surface area (Å²) >= 11 is 0. The molecule has 2 amide bonds. The molecule has 2 aliphatic rings. The van der Waals surface area contributed by atoms with E-state index in [1.165, 1.54) is 10.4 Å². The fourth-order valence-corrected chi connectivity index (χ4v) is 5.73. The second kappa shape index (κ2) is 9.89. The van der Waals surface area contributed by atoms with Crippen molar-refractivity contribution in [2.24, 2.45) is 11.3 Å². The smallest absolute Gasteiger partial charge is 0.243 e.